The van der Waals surface area contributed by atoms with Gasteiger partial charge >= 0.3 is 0 Å². The van der Waals surface area contributed by atoms with Crippen LogP contribution in [0.1, 0.15) is 31.7 Å². The first-order chi connectivity index (χ1) is 13.7. The molecule has 1 N–H and O–H groups in total. The summed E-state index contributed by atoms with van der Waals surface area (Å²) in [6.07, 6.45) is 1.40. The first-order valence-corrected chi connectivity index (χ1v) is 11.4. The summed E-state index contributed by atoms with van der Waals surface area (Å²) < 4.78 is 23.4. The average molecular weight is 418 g/mol. The van der Waals surface area contributed by atoms with Crippen LogP contribution in [0.5, 0.6) is 0 Å². The molecular weight excluding hydrogens is 396 g/mol. The summed E-state index contributed by atoms with van der Waals surface area (Å²) in [5, 5.41) is 8.16. The van der Waals surface area contributed by atoms with Crippen LogP contribution in [0, 0.1) is 0 Å². The van der Waals surface area contributed by atoms with Crippen molar-refractivity contribution in [3.63, 3.8) is 0 Å². The van der Waals surface area contributed by atoms with Gasteiger partial charge in [-0.05, 0) is 36.6 Å². The topological polar surface area (TPSA) is 116 Å². The molecule has 4 rings (SSSR count). The molecule has 3 aliphatic rings. The van der Waals surface area contributed by atoms with Gasteiger partial charge in [0.05, 0.1) is 17.5 Å². The normalized spacial score (nSPS) is 23.0. The zero-order chi connectivity index (χ0) is 20.8. The van der Waals surface area contributed by atoms with E-state index >= 15 is 0 Å². The van der Waals surface area contributed by atoms with Crippen molar-refractivity contribution in [3.05, 3.63) is 23.8 Å². The Balaban J connectivity index is 1.49. The van der Waals surface area contributed by atoms with Crippen LogP contribution in [0.25, 0.3) is 0 Å². The predicted octanol–water partition coefficient (Wildman–Crippen LogP) is 0.700. The smallest absolute Gasteiger partial charge is 0.271 e. The molecule has 29 heavy (non-hydrogen) atoms. The lowest BCUT2D eigenvalue weighted by atomic mass is 10.1. The Kier molecular flexibility index (Phi) is 4.89. The van der Waals surface area contributed by atoms with Gasteiger partial charge < -0.3 is 10.2 Å². The number of carbonyl (C=O) groups excluding carboxylic acids is 3. The number of anilines is 2. The van der Waals surface area contributed by atoms with E-state index in [0.29, 0.717) is 18.7 Å². The van der Waals surface area contributed by atoms with E-state index in [4.69, 9.17) is 0 Å². The molecule has 1 aromatic rings. The molecule has 0 bridgehead atoms. The molecule has 3 aliphatic heterocycles. The van der Waals surface area contributed by atoms with Crippen LogP contribution < -0.4 is 10.2 Å². The van der Waals surface area contributed by atoms with E-state index in [1.807, 2.05) is 6.07 Å². The van der Waals surface area contributed by atoms with Crippen molar-refractivity contribution in [2.45, 2.75) is 38.6 Å². The number of hydrogen-bond donors (Lipinski definition) is 1. The molecule has 154 valence electrons. The van der Waals surface area contributed by atoms with Gasteiger partial charge in [0.2, 0.25) is 11.8 Å². The largest absolute Gasteiger partial charge is 0.321 e. The molecule has 0 spiro atoms. The number of carbonyl (C=O) groups is 3. The van der Waals surface area contributed by atoms with Gasteiger partial charge in [0, 0.05) is 37.7 Å². The minimum absolute atomic E-state index is 0.0178. The number of amides is 3. The van der Waals surface area contributed by atoms with E-state index in [0.717, 1.165) is 17.7 Å². The minimum atomic E-state index is -3.16. The third-order valence-corrected chi connectivity index (χ3v) is 7.24. The van der Waals surface area contributed by atoms with Crippen LogP contribution in [0.4, 0.5) is 11.4 Å². The molecular formula is C19H22N4O5S. The third-order valence-electron chi connectivity index (χ3n) is 5.49. The standard InChI is InChI=1S/C19H22N4O5S/c1-12(24)22-8-6-13-10-14(2-4-17(13)22)20-19(26)16-3-5-18(25)23(21-16)15-7-9-29(27,28)11-15/h2,4,10,15H,3,5-9,11H2,1H3,(H,20,26). The summed E-state index contributed by atoms with van der Waals surface area (Å²) in [4.78, 5) is 38.2. The predicted molar refractivity (Wildman–Crippen MR) is 107 cm³/mol. The quantitative estimate of drug-likeness (QED) is 0.776. The van der Waals surface area contributed by atoms with Gasteiger partial charge in [-0.25, -0.2) is 13.4 Å². The summed E-state index contributed by atoms with van der Waals surface area (Å²) >= 11 is 0. The number of sulfone groups is 1. The summed E-state index contributed by atoms with van der Waals surface area (Å²) in [5.74, 6) is -0.773. The highest BCUT2D eigenvalue weighted by Crippen LogP contribution is 2.30. The highest BCUT2D eigenvalue weighted by atomic mass is 32.2. The number of nitrogens with one attached hydrogen (secondary N) is 1. The van der Waals surface area contributed by atoms with E-state index < -0.39 is 21.8 Å². The Morgan fingerprint density at radius 2 is 2.00 bits per heavy atom. The number of nitrogens with zero attached hydrogens (tertiary/aromatic N) is 3. The Morgan fingerprint density at radius 3 is 2.69 bits per heavy atom. The molecule has 0 aliphatic carbocycles. The monoisotopic (exact) mass is 418 g/mol. The zero-order valence-corrected chi connectivity index (χ0v) is 16.9. The fourth-order valence-electron chi connectivity index (χ4n) is 4.00. The third kappa shape index (κ3) is 3.89. The van der Waals surface area contributed by atoms with E-state index in [2.05, 4.69) is 10.4 Å². The Labute approximate surface area is 168 Å². The fraction of sp³-hybridized carbons (Fsp3) is 0.474. The Bertz CT molecular complexity index is 1030. The van der Waals surface area contributed by atoms with Crippen molar-refractivity contribution in [1.82, 2.24) is 5.01 Å². The number of benzene rings is 1. The second-order valence-electron chi connectivity index (χ2n) is 7.56. The Morgan fingerprint density at radius 1 is 1.21 bits per heavy atom. The van der Waals surface area contributed by atoms with Crippen molar-refractivity contribution >= 4 is 44.6 Å². The molecule has 1 atom stereocenters. The fourth-order valence-corrected chi connectivity index (χ4v) is 5.69. The zero-order valence-electron chi connectivity index (χ0n) is 16.1. The minimum Gasteiger partial charge on any atom is -0.321 e. The summed E-state index contributed by atoms with van der Waals surface area (Å²) in [6.45, 7) is 2.14. The van der Waals surface area contributed by atoms with E-state index in [1.54, 1.807) is 17.0 Å². The summed E-state index contributed by atoms with van der Waals surface area (Å²) in [5.41, 5.74) is 2.63. The lowest BCUT2D eigenvalue weighted by Gasteiger charge is -2.27. The van der Waals surface area contributed by atoms with Crippen LogP contribution in [0.3, 0.4) is 0 Å². The lowest BCUT2D eigenvalue weighted by molar-refractivity contribution is -0.133. The van der Waals surface area contributed by atoms with Gasteiger partial charge in [0.1, 0.15) is 5.71 Å². The van der Waals surface area contributed by atoms with Crippen molar-refractivity contribution in [1.29, 1.82) is 0 Å². The van der Waals surface area contributed by atoms with Gasteiger partial charge in [-0.1, -0.05) is 0 Å². The molecule has 1 saturated heterocycles. The molecule has 0 saturated carbocycles. The SMILES string of the molecule is CC(=O)N1CCc2cc(NC(=O)C3=NN(C4CCS(=O)(=O)C4)C(=O)CC3)ccc21. The van der Waals surface area contributed by atoms with Crippen molar-refractivity contribution in [3.8, 4) is 0 Å². The molecule has 1 unspecified atom stereocenters. The van der Waals surface area contributed by atoms with Crippen molar-refractivity contribution in [2.75, 3.05) is 28.3 Å². The van der Waals surface area contributed by atoms with Gasteiger partial charge in [-0.3, -0.25) is 14.4 Å². The van der Waals surface area contributed by atoms with E-state index in [-0.39, 0.29) is 41.9 Å². The highest BCUT2D eigenvalue weighted by molar-refractivity contribution is 7.91. The number of hydrogen-bond acceptors (Lipinski definition) is 6. The molecule has 3 heterocycles. The lowest BCUT2D eigenvalue weighted by Crippen LogP contribution is -2.42. The number of hydrazone groups is 1. The first-order valence-electron chi connectivity index (χ1n) is 9.56. The van der Waals surface area contributed by atoms with Crippen molar-refractivity contribution in [2.24, 2.45) is 5.10 Å². The van der Waals surface area contributed by atoms with Gasteiger partial charge in [-0.2, -0.15) is 5.10 Å². The van der Waals surface area contributed by atoms with E-state index in [1.165, 1.54) is 11.9 Å². The molecule has 1 fully saturated rings. The number of fused-ring (bicyclic) bond motifs is 1. The molecule has 9 nitrogen and oxygen atoms in total. The maximum Gasteiger partial charge on any atom is 0.271 e. The van der Waals surface area contributed by atoms with Crippen molar-refractivity contribution < 1.29 is 22.8 Å². The summed E-state index contributed by atoms with van der Waals surface area (Å²) in [6, 6.07) is 4.87. The van der Waals surface area contributed by atoms with Gasteiger partial charge in [-0.15, -0.1) is 0 Å². The van der Waals surface area contributed by atoms with Crippen LogP contribution in [0.2, 0.25) is 0 Å². The van der Waals surface area contributed by atoms with Gasteiger partial charge in [0.25, 0.3) is 5.91 Å². The number of rotatable bonds is 3. The molecule has 3 amide bonds. The average Bonchev–Trinajstić information content (AvgIpc) is 3.24. The van der Waals surface area contributed by atoms with Crippen LogP contribution in [-0.2, 0) is 30.6 Å². The summed E-state index contributed by atoms with van der Waals surface area (Å²) in [7, 11) is -3.16. The maximum atomic E-state index is 12.7. The van der Waals surface area contributed by atoms with Crippen LogP contribution in [-0.4, -0.2) is 61.0 Å². The second kappa shape index (κ2) is 7.25. The first kappa shape index (κ1) is 19.6. The molecule has 10 heteroatoms. The van der Waals surface area contributed by atoms with E-state index in [9.17, 15) is 22.8 Å². The molecule has 0 radical (unpaired) electrons. The van der Waals surface area contributed by atoms with Gasteiger partial charge in [0.15, 0.2) is 9.84 Å². The molecule has 0 aromatic heterocycles. The Hall–Kier alpha value is -2.75. The second-order valence-corrected chi connectivity index (χ2v) is 9.79. The van der Waals surface area contributed by atoms with Crippen LogP contribution in [0.15, 0.2) is 23.3 Å². The maximum absolute atomic E-state index is 12.7. The van der Waals surface area contributed by atoms with Crippen LogP contribution >= 0.6 is 0 Å². The highest BCUT2D eigenvalue weighted by Gasteiger charge is 2.37. The molecule has 1 aromatic carbocycles.